The van der Waals surface area contributed by atoms with Crippen LogP contribution in [0, 0.1) is 0 Å². The first kappa shape index (κ1) is 19.4. The third-order valence-electron chi connectivity index (χ3n) is 4.31. The first-order valence-electron chi connectivity index (χ1n) is 8.09. The fraction of sp³-hybridized carbons (Fsp3) is 1.00. The highest BCUT2D eigenvalue weighted by Gasteiger charge is 2.32. The van der Waals surface area contributed by atoms with E-state index in [9.17, 15) is 0 Å². The smallest absolute Gasteiger partial charge is 0.185 e. The van der Waals surface area contributed by atoms with E-state index >= 15 is 0 Å². The van der Waals surface area contributed by atoms with E-state index in [-0.39, 0.29) is 0 Å². The first-order valence-corrected chi connectivity index (χ1v) is 14.4. The first-order chi connectivity index (χ1) is 8.79. The summed E-state index contributed by atoms with van der Waals surface area (Å²) in [7, 11) is -0.737. The molecular weight excluding hydrogens is 266 g/mol. The Morgan fingerprint density at radius 3 is 1.68 bits per heavy atom. The van der Waals surface area contributed by atoms with E-state index in [1.807, 2.05) is 7.11 Å². The van der Waals surface area contributed by atoms with Gasteiger partial charge in [0.2, 0.25) is 0 Å². The molecule has 116 valence electrons. The third kappa shape index (κ3) is 8.28. The van der Waals surface area contributed by atoms with Gasteiger partial charge in [-0.2, -0.15) is 0 Å². The molecule has 0 aromatic rings. The van der Waals surface area contributed by atoms with E-state index in [2.05, 4.69) is 44.6 Å². The molecule has 0 aliphatic rings. The van der Waals surface area contributed by atoms with Gasteiger partial charge in [0.1, 0.15) is 8.24 Å². The van der Waals surface area contributed by atoms with Crippen LogP contribution in [0.4, 0.5) is 0 Å². The average Bonchev–Trinajstić information content (AvgIpc) is 2.36. The summed E-state index contributed by atoms with van der Waals surface area (Å²) in [6.45, 7) is 17.0. The second-order valence-electron chi connectivity index (χ2n) is 6.97. The Hall–Kier alpha value is 0.354. The lowest BCUT2D eigenvalue weighted by Crippen LogP contribution is -2.50. The van der Waals surface area contributed by atoms with Gasteiger partial charge in [0.25, 0.3) is 0 Å². The van der Waals surface area contributed by atoms with Gasteiger partial charge in [0.15, 0.2) is 8.32 Å². The number of hydrogen-bond donors (Lipinski definition) is 0. The SMILES string of the molecule is CCCCN(CCCC)[Si](C)(C)CC[Si](C)(C)OC. The fourth-order valence-electron chi connectivity index (χ4n) is 2.28. The van der Waals surface area contributed by atoms with Crippen LogP contribution in [0.5, 0.6) is 0 Å². The zero-order valence-electron chi connectivity index (χ0n) is 14.5. The van der Waals surface area contributed by atoms with Gasteiger partial charge < -0.3 is 8.99 Å². The van der Waals surface area contributed by atoms with Gasteiger partial charge in [0, 0.05) is 7.11 Å². The fourth-order valence-corrected chi connectivity index (χ4v) is 9.18. The summed E-state index contributed by atoms with van der Waals surface area (Å²) in [5.74, 6) is 0. The van der Waals surface area contributed by atoms with Gasteiger partial charge in [0.05, 0.1) is 0 Å². The molecule has 0 heterocycles. The Kier molecular flexibility index (Phi) is 9.49. The summed E-state index contributed by atoms with van der Waals surface area (Å²) < 4.78 is 8.57. The summed E-state index contributed by atoms with van der Waals surface area (Å²) in [6, 6.07) is 2.71. The third-order valence-corrected chi connectivity index (χ3v) is 11.0. The monoisotopic (exact) mass is 303 g/mol. The van der Waals surface area contributed by atoms with Crippen LogP contribution in [0.25, 0.3) is 0 Å². The summed E-state index contributed by atoms with van der Waals surface area (Å²) in [5.41, 5.74) is 0. The molecule has 0 rings (SSSR count). The molecule has 0 radical (unpaired) electrons. The van der Waals surface area contributed by atoms with E-state index in [1.165, 1.54) is 50.9 Å². The summed E-state index contributed by atoms with van der Waals surface area (Å²) >= 11 is 0. The van der Waals surface area contributed by atoms with E-state index in [1.54, 1.807) is 0 Å². The van der Waals surface area contributed by atoms with Crippen LogP contribution in [0.15, 0.2) is 0 Å². The molecule has 0 fully saturated rings. The Labute approximate surface area is 124 Å². The molecule has 0 unspecified atom stereocenters. The van der Waals surface area contributed by atoms with Crippen molar-refractivity contribution in [2.45, 2.75) is 77.8 Å². The van der Waals surface area contributed by atoms with Crippen molar-refractivity contribution < 1.29 is 4.43 Å². The van der Waals surface area contributed by atoms with Crippen molar-refractivity contribution in [2.24, 2.45) is 0 Å². The van der Waals surface area contributed by atoms with Crippen molar-refractivity contribution in [2.75, 3.05) is 20.2 Å². The zero-order valence-corrected chi connectivity index (χ0v) is 16.5. The molecule has 0 saturated carbocycles. The topological polar surface area (TPSA) is 12.5 Å². The van der Waals surface area contributed by atoms with Crippen molar-refractivity contribution >= 4 is 16.6 Å². The van der Waals surface area contributed by atoms with E-state index in [0.29, 0.717) is 0 Å². The van der Waals surface area contributed by atoms with Crippen molar-refractivity contribution in [1.82, 2.24) is 4.57 Å². The molecule has 0 N–H and O–H groups in total. The van der Waals surface area contributed by atoms with Gasteiger partial charge in [-0.1, -0.05) is 39.8 Å². The molecule has 0 bridgehead atoms. The Morgan fingerprint density at radius 2 is 1.32 bits per heavy atom. The highest BCUT2D eigenvalue weighted by atomic mass is 28.4. The Morgan fingerprint density at radius 1 is 0.842 bits per heavy atom. The van der Waals surface area contributed by atoms with Gasteiger partial charge in [-0.05, 0) is 51.1 Å². The summed E-state index contributed by atoms with van der Waals surface area (Å²) in [4.78, 5) is 0. The molecule has 0 saturated heterocycles. The lowest BCUT2D eigenvalue weighted by atomic mass is 10.3. The molecule has 0 aliphatic heterocycles. The lowest BCUT2D eigenvalue weighted by Gasteiger charge is -2.38. The summed E-state index contributed by atoms with van der Waals surface area (Å²) in [6.07, 6.45) is 5.33. The molecule has 0 aromatic carbocycles. The van der Waals surface area contributed by atoms with Crippen molar-refractivity contribution in [3.8, 4) is 0 Å². The number of nitrogens with zero attached hydrogens (tertiary/aromatic N) is 1. The largest absolute Gasteiger partial charge is 0.420 e. The standard InChI is InChI=1S/C15H37NOSi2/c1-8-10-12-16(13-11-9-2)18(4,5)14-15-19(6,7)17-3/h8-15H2,1-7H3. The predicted molar refractivity (Wildman–Crippen MR) is 93.0 cm³/mol. The average molecular weight is 304 g/mol. The van der Waals surface area contributed by atoms with E-state index in [4.69, 9.17) is 4.43 Å². The molecule has 4 heteroatoms. The minimum Gasteiger partial charge on any atom is -0.420 e. The summed E-state index contributed by atoms with van der Waals surface area (Å²) in [5, 5.41) is 0. The highest BCUT2D eigenvalue weighted by molar-refractivity contribution is 6.78. The van der Waals surface area contributed by atoms with Gasteiger partial charge in [-0.25, -0.2) is 0 Å². The van der Waals surface area contributed by atoms with Crippen molar-refractivity contribution in [1.29, 1.82) is 0 Å². The molecule has 0 spiro atoms. The van der Waals surface area contributed by atoms with E-state index < -0.39 is 16.6 Å². The molecule has 19 heavy (non-hydrogen) atoms. The Balaban J connectivity index is 4.48. The van der Waals surface area contributed by atoms with Crippen LogP contribution in [-0.2, 0) is 4.43 Å². The maximum atomic E-state index is 5.72. The minimum absolute atomic E-state index is 1.25. The second-order valence-corrected chi connectivity index (χ2v) is 16.2. The highest BCUT2D eigenvalue weighted by Crippen LogP contribution is 2.24. The van der Waals surface area contributed by atoms with Crippen LogP contribution in [0.3, 0.4) is 0 Å². The van der Waals surface area contributed by atoms with Crippen LogP contribution < -0.4 is 0 Å². The van der Waals surface area contributed by atoms with Crippen LogP contribution in [0.1, 0.15) is 39.5 Å². The van der Waals surface area contributed by atoms with Crippen LogP contribution in [-0.4, -0.2) is 41.3 Å². The molecule has 2 nitrogen and oxygen atoms in total. The molecular formula is C15H37NOSi2. The second kappa shape index (κ2) is 9.32. The number of hydrogen-bond acceptors (Lipinski definition) is 2. The number of rotatable bonds is 11. The van der Waals surface area contributed by atoms with Gasteiger partial charge >= 0.3 is 0 Å². The normalized spacial score (nSPS) is 13.3. The quantitative estimate of drug-likeness (QED) is 0.501. The van der Waals surface area contributed by atoms with Gasteiger partial charge in [-0.15, -0.1) is 0 Å². The number of unbranched alkanes of at least 4 members (excludes halogenated alkanes) is 2. The van der Waals surface area contributed by atoms with E-state index in [0.717, 1.165) is 0 Å². The van der Waals surface area contributed by atoms with Crippen molar-refractivity contribution in [3.05, 3.63) is 0 Å². The molecule has 0 atom stereocenters. The van der Waals surface area contributed by atoms with Crippen molar-refractivity contribution in [3.63, 3.8) is 0 Å². The molecule has 0 aliphatic carbocycles. The van der Waals surface area contributed by atoms with Crippen LogP contribution >= 0.6 is 0 Å². The van der Waals surface area contributed by atoms with Crippen LogP contribution in [0.2, 0.25) is 38.3 Å². The lowest BCUT2D eigenvalue weighted by molar-refractivity contribution is 0.392. The minimum atomic E-state index is -1.39. The maximum Gasteiger partial charge on any atom is 0.185 e. The zero-order chi connectivity index (χ0) is 14.9. The van der Waals surface area contributed by atoms with Gasteiger partial charge in [-0.3, -0.25) is 0 Å². The molecule has 0 aromatic heterocycles. The maximum absolute atomic E-state index is 5.72. The Bertz CT molecular complexity index is 224. The predicted octanol–water partition coefficient (Wildman–Crippen LogP) is 4.95. The molecule has 0 amide bonds.